The number of aromatic amines is 1. The van der Waals surface area contributed by atoms with E-state index in [2.05, 4.69) is 9.84 Å². The molecule has 0 fully saturated rings. The zero-order valence-corrected chi connectivity index (χ0v) is 10.9. The molecule has 0 aliphatic heterocycles. The van der Waals surface area contributed by atoms with Crippen molar-refractivity contribution in [3.63, 3.8) is 0 Å². The van der Waals surface area contributed by atoms with Crippen LogP contribution in [0.15, 0.2) is 29.1 Å². The van der Waals surface area contributed by atoms with Gasteiger partial charge in [-0.2, -0.15) is 13.2 Å². The van der Waals surface area contributed by atoms with E-state index in [1.54, 1.807) is 26.1 Å². The Kier molecular flexibility index (Phi) is 3.61. The second-order valence-corrected chi connectivity index (χ2v) is 4.40. The van der Waals surface area contributed by atoms with Crippen molar-refractivity contribution >= 4 is 0 Å². The third kappa shape index (κ3) is 3.04. The number of nitrogens with one attached hydrogen (secondary N) is 1. The van der Waals surface area contributed by atoms with Gasteiger partial charge in [-0.15, -0.1) is 0 Å². The van der Waals surface area contributed by atoms with E-state index >= 15 is 0 Å². The molecule has 1 N–H and O–H groups in total. The van der Waals surface area contributed by atoms with Crippen LogP contribution in [0.3, 0.4) is 0 Å². The first kappa shape index (κ1) is 14.2. The predicted octanol–water partition coefficient (Wildman–Crippen LogP) is 2.63. The number of aryl methyl sites for hydroxylation is 1. The van der Waals surface area contributed by atoms with Gasteiger partial charge in [0.25, 0.3) is 5.56 Å². The highest BCUT2D eigenvalue weighted by atomic mass is 19.4. The fourth-order valence-corrected chi connectivity index (χ4v) is 1.82. The number of rotatable bonds is 3. The maximum absolute atomic E-state index is 12.0. The number of aromatic nitrogens is 2. The molecule has 2 rings (SSSR count). The normalized spacial score (nSPS) is 11.7. The lowest BCUT2D eigenvalue weighted by Gasteiger charge is -2.09. The topological polar surface area (TPSA) is 47.0 Å². The highest BCUT2D eigenvalue weighted by Gasteiger charge is 2.28. The Morgan fingerprint density at radius 3 is 2.30 bits per heavy atom. The molecule has 1 aromatic heterocycles. The van der Waals surface area contributed by atoms with Gasteiger partial charge >= 0.3 is 6.18 Å². The number of nitrogens with zero attached hydrogens (tertiary/aromatic N) is 1. The molecule has 1 aromatic carbocycles. The summed E-state index contributed by atoms with van der Waals surface area (Å²) in [6.45, 7) is 0.357. The molecule has 0 unspecified atom stereocenters. The van der Waals surface area contributed by atoms with Crippen LogP contribution >= 0.6 is 0 Å². The molecule has 0 aliphatic rings. The molecule has 0 bridgehead atoms. The summed E-state index contributed by atoms with van der Waals surface area (Å²) < 4.78 is 42.0. The van der Waals surface area contributed by atoms with Gasteiger partial charge in [-0.05, 0) is 31.2 Å². The molecule has 20 heavy (non-hydrogen) atoms. The number of hydrogen-bond acceptors (Lipinski definition) is 2. The number of benzene rings is 1. The number of hydrogen-bond donors (Lipinski definition) is 1. The molecule has 0 saturated carbocycles. The smallest absolute Gasteiger partial charge is 0.422 e. The van der Waals surface area contributed by atoms with Crippen LogP contribution in [0.25, 0.3) is 11.3 Å². The molecule has 0 radical (unpaired) electrons. The molecule has 0 spiro atoms. The predicted molar refractivity (Wildman–Crippen MR) is 67.8 cm³/mol. The monoisotopic (exact) mass is 286 g/mol. The molecule has 0 amide bonds. The van der Waals surface area contributed by atoms with Crippen LogP contribution in [0.4, 0.5) is 13.2 Å². The molecule has 0 saturated heterocycles. The Hall–Kier alpha value is -2.18. The first-order valence-electron chi connectivity index (χ1n) is 5.83. The zero-order valence-electron chi connectivity index (χ0n) is 10.9. The maximum Gasteiger partial charge on any atom is 0.422 e. The van der Waals surface area contributed by atoms with Gasteiger partial charge < -0.3 is 4.74 Å². The molecule has 7 heteroatoms. The summed E-state index contributed by atoms with van der Waals surface area (Å²) in [6.07, 6.45) is -4.36. The van der Waals surface area contributed by atoms with Crippen LogP contribution < -0.4 is 10.3 Å². The summed E-state index contributed by atoms with van der Waals surface area (Å²) in [4.78, 5) is 11.6. The Balaban J connectivity index is 2.20. The Labute approximate surface area is 112 Å². The van der Waals surface area contributed by atoms with Crippen LogP contribution in [-0.2, 0) is 7.05 Å². The van der Waals surface area contributed by atoms with Crippen molar-refractivity contribution in [3.05, 3.63) is 40.2 Å². The Morgan fingerprint density at radius 1 is 1.25 bits per heavy atom. The zero-order chi connectivity index (χ0) is 14.9. The first-order chi connectivity index (χ1) is 9.28. The Bertz CT molecular complexity index is 654. The van der Waals surface area contributed by atoms with Gasteiger partial charge in [0.05, 0.1) is 5.69 Å². The highest BCUT2D eigenvalue weighted by Crippen LogP contribution is 2.23. The van der Waals surface area contributed by atoms with Crippen molar-refractivity contribution in [1.82, 2.24) is 9.78 Å². The summed E-state index contributed by atoms with van der Waals surface area (Å²) in [5.41, 5.74) is 1.76. The van der Waals surface area contributed by atoms with Gasteiger partial charge in [0.15, 0.2) is 6.61 Å². The molecule has 4 nitrogen and oxygen atoms in total. The van der Waals surface area contributed by atoms with Crippen molar-refractivity contribution in [2.45, 2.75) is 13.1 Å². The average Bonchev–Trinajstić information content (AvgIpc) is 2.64. The highest BCUT2D eigenvalue weighted by molar-refractivity contribution is 5.63. The van der Waals surface area contributed by atoms with E-state index in [4.69, 9.17) is 0 Å². The lowest BCUT2D eigenvalue weighted by Crippen LogP contribution is -2.19. The quantitative estimate of drug-likeness (QED) is 0.943. The second-order valence-electron chi connectivity index (χ2n) is 4.40. The first-order valence-corrected chi connectivity index (χ1v) is 5.83. The van der Waals surface area contributed by atoms with Gasteiger partial charge in [-0.3, -0.25) is 14.6 Å². The van der Waals surface area contributed by atoms with Crippen molar-refractivity contribution < 1.29 is 17.9 Å². The lowest BCUT2D eigenvalue weighted by molar-refractivity contribution is -0.153. The van der Waals surface area contributed by atoms with E-state index in [-0.39, 0.29) is 11.3 Å². The van der Waals surface area contributed by atoms with Crippen LogP contribution in [0, 0.1) is 6.92 Å². The van der Waals surface area contributed by atoms with Crippen molar-refractivity contribution in [3.8, 4) is 17.0 Å². The maximum atomic E-state index is 12.0. The van der Waals surface area contributed by atoms with Gasteiger partial charge in [-0.25, -0.2) is 0 Å². The lowest BCUT2D eigenvalue weighted by atomic mass is 10.1. The van der Waals surface area contributed by atoms with E-state index in [1.807, 2.05) is 0 Å². The minimum atomic E-state index is -4.36. The van der Waals surface area contributed by atoms with E-state index in [0.717, 1.165) is 0 Å². The molecular weight excluding hydrogens is 273 g/mol. The van der Waals surface area contributed by atoms with Crippen molar-refractivity contribution in [1.29, 1.82) is 0 Å². The summed E-state index contributed by atoms with van der Waals surface area (Å²) >= 11 is 0. The third-order valence-electron chi connectivity index (χ3n) is 2.83. The molecule has 2 aromatic rings. The average molecular weight is 286 g/mol. The standard InChI is InChI=1S/C13H13F3N2O2/c1-8-11(17-18(2)12(8)19)9-3-5-10(6-4-9)20-7-13(14,15)16/h3-6,17H,7H2,1-2H3. The number of ether oxygens (including phenoxy) is 1. The molecule has 1 heterocycles. The molecule has 108 valence electrons. The summed E-state index contributed by atoms with van der Waals surface area (Å²) in [5.74, 6) is 0.127. The van der Waals surface area contributed by atoms with Crippen molar-refractivity contribution in [2.75, 3.05) is 6.61 Å². The Morgan fingerprint density at radius 2 is 1.85 bits per heavy atom. The van der Waals surface area contributed by atoms with Crippen LogP contribution in [0.5, 0.6) is 5.75 Å². The number of alkyl halides is 3. The summed E-state index contributed by atoms with van der Waals surface area (Å²) in [5, 5.41) is 2.89. The van der Waals surface area contributed by atoms with E-state index in [1.165, 1.54) is 16.8 Å². The van der Waals surface area contributed by atoms with E-state index in [9.17, 15) is 18.0 Å². The molecular formula is C13H13F3N2O2. The summed E-state index contributed by atoms with van der Waals surface area (Å²) in [6, 6.07) is 6.08. The van der Waals surface area contributed by atoms with Crippen LogP contribution in [-0.4, -0.2) is 22.6 Å². The second kappa shape index (κ2) is 5.07. The van der Waals surface area contributed by atoms with Crippen molar-refractivity contribution in [2.24, 2.45) is 7.05 Å². The van der Waals surface area contributed by atoms with E-state index < -0.39 is 12.8 Å². The van der Waals surface area contributed by atoms with Gasteiger partial charge in [0.1, 0.15) is 5.75 Å². The fourth-order valence-electron chi connectivity index (χ4n) is 1.82. The minimum Gasteiger partial charge on any atom is -0.484 e. The van der Waals surface area contributed by atoms with Crippen LogP contribution in [0.1, 0.15) is 5.56 Å². The number of H-pyrrole nitrogens is 1. The van der Waals surface area contributed by atoms with Gasteiger partial charge in [0, 0.05) is 18.2 Å². The molecule has 0 atom stereocenters. The minimum absolute atomic E-state index is 0.127. The SMILES string of the molecule is Cc1c(-c2ccc(OCC(F)(F)F)cc2)[nH]n(C)c1=O. The number of halogens is 3. The third-order valence-corrected chi connectivity index (χ3v) is 2.83. The fraction of sp³-hybridized carbons (Fsp3) is 0.308. The molecule has 0 aliphatic carbocycles. The largest absolute Gasteiger partial charge is 0.484 e. The van der Waals surface area contributed by atoms with Gasteiger partial charge in [-0.1, -0.05) is 0 Å². The summed E-state index contributed by atoms with van der Waals surface area (Å²) in [7, 11) is 1.60. The van der Waals surface area contributed by atoms with Crippen LogP contribution in [0.2, 0.25) is 0 Å². The van der Waals surface area contributed by atoms with E-state index in [0.29, 0.717) is 16.8 Å². The van der Waals surface area contributed by atoms with Gasteiger partial charge in [0.2, 0.25) is 0 Å².